The van der Waals surface area contributed by atoms with Crippen molar-refractivity contribution < 1.29 is 0 Å². The van der Waals surface area contributed by atoms with Crippen molar-refractivity contribution in [3.63, 3.8) is 0 Å². The first-order chi connectivity index (χ1) is 6.76. The highest BCUT2D eigenvalue weighted by molar-refractivity contribution is 5.17. The fourth-order valence-electron chi connectivity index (χ4n) is 0.964. The maximum absolute atomic E-state index is 4.19. The highest BCUT2D eigenvalue weighted by Gasteiger charge is 1.94. The molecule has 0 unspecified atom stereocenters. The molecule has 0 bridgehead atoms. The van der Waals surface area contributed by atoms with Crippen molar-refractivity contribution in [3.8, 4) is 0 Å². The molecule has 0 radical (unpaired) electrons. The number of pyridine rings is 1. The molecule has 0 spiro atoms. The van der Waals surface area contributed by atoms with E-state index in [1.807, 2.05) is 19.2 Å². The van der Waals surface area contributed by atoms with Crippen LogP contribution < -0.4 is 5.32 Å². The molecule has 1 aromatic heterocycles. The lowest BCUT2D eigenvalue weighted by Gasteiger charge is -2.03. The van der Waals surface area contributed by atoms with Gasteiger partial charge in [-0.2, -0.15) is 0 Å². The molecule has 0 saturated carbocycles. The average Bonchev–Trinajstić information content (AvgIpc) is 2.18. The fraction of sp³-hybridized carbons (Fsp3) is 0.583. The first-order valence-electron chi connectivity index (χ1n) is 5.37. The smallest absolute Gasteiger partial charge is 0.0417 e. The SMILES string of the molecule is CCC.CCNCc1cccnc1C. The third-order valence-corrected chi connectivity index (χ3v) is 1.68. The summed E-state index contributed by atoms with van der Waals surface area (Å²) in [5.41, 5.74) is 2.41. The summed E-state index contributed by atoms with van der Waals surface area (Å²) in [5.74, 6) is 0. The van der Waals surface area contributed by atoms with Crippen molar-refractivity contribution in [1.82, 2.24) is 10.3 Å². The first kappa shape index (κ1) is 13.1. The first-order valence-corrected chi connectivity index (χ1v) is 5.37. The van der Waals surface area contributed by atoms with Gasteiger partial charge in [0.05, 0.1) is 0 Å². The van der Waals surface area contributed by atoms with Gasteiger partial charge in [0.15, 0.2) is 0 Å². The van der Waals surface area contributed by atoms with E-state index in [2.05, 4.69) is 37.1 Å². The molecule has 1 N–H and O–H groups in total. The van der Waals surface area contributed by atoms with E-state index in [1.165, 1.54) is 12.0 Å². The molecule has 0 aliphatic rings. The maximum atomic E-state index is 4.19. The van der Waals surface area contributed by atoms with E-state index in [0.29, 0.717) is 0 Å². The van der Waals surface area contributed by atoms with E-state index in [4.69, 9.17) is 0 Å². The zero-order valence-corrected chi connectivity index (χ0v) is 9.80. The van der Waals surface area contributed by atoms with Crippen LogP contribution in [0.4, 0.5) is 0 Å². The third kappa shape index (κ3) is 5.70. The molecule has 1 aromatic rings. The lowest BCUT2D eigenvalue weighted by Crippen LogP contribution is -2.12. The van der Waals surface area contributed by atoms with Crippen molar-refractivity contribution >= 4 is 0 Å². The normalized spacial score (nSPS) is 9.14. The minimum atomic E-state index is 0.927. The summed E-state index contributed by atoms with van der Waals surface area (Å²) in [6.45, 7) is 10.3. The van der Waals surface area contributed by atoms with Gasteiger partial charge in [-0.05, 0) is 25.1 Å². The second kappa shape index (κ2) is 8.70. The monoisotopic (exact) mass is 194 g/mol. The Morgan fingerprint density at radius 3 is 2.43 bits per heavy atom. The van der Waals surface area contributed by atoms with Crippen molar-refractivity contribution in [2.45, 2.75) is 40.7 Å². The Labute approximate surface area is 87.8 Å². The number of hydrogen-bond donors (Lipinski definition) is 1. The van der Waals surface area contributed by atoms with Gasteiger partial charge in [-0.15, -0.1) is 0 Å². The number of nitrogens with zero attached hydrogens (tertiary/aromatic N) is 1. The van der Waals surface area contributed by atoms with Crippen LogP contribution in [-0.2, 0) is 6.54 Å². The van der Waals surface area contributed by atoms with Gasteiger partial charge in [-0.1, -0.05) is 33.3 Å². The molecule has 0 aliphatic heterocycles. The standard InChI is InChI=1S/C9H14N2.C3H8/c1-3-10-7-9-5-4-6-11-8(9)2;1-3-2/h4-6,10H,3,7H2,1-2H3;3H2,1-2H3. The van der Waals surface area contributed by atoms with Gasteiger partial charge in [0.2, 0.25) is 0 Å². The third-order valence-electron chi connectivity index (χ3n) is 1.68. The Balaban J connectivity index is 0.000000500. The average molecular weight is 194 g/mol. The van der Waals surface area contributed by atoms with Crippen LogP contribution in [0.15, 0.2) is 18.3 Å². The second-order valence-corrected chi connectivity index (χ2v) is 3.24. The Kier molecular flexibility index (Phi) is 8.14. The fourth-order valence-corrected chi connectivity index (χ4v) is 0.964. The van der Waals surface area contributed by atoms with Crippen LogP contribution in [0.3, 0.4) is 0 Å². The van der Waals surface area contributed by atoms with Crippen LogP contribution in [0.5, 0.6) is 0 Å². The molecule has 1 rings (SSSR count). The zero-order chi connectivity index (χ0) is 10.8. The van der Waals surface area contributed by atoms with Gasteiger partial charge < -0.3 is 5.32 Å². The van der Waals surface area contributed by atoms with Crippen molar-refractivity contribution in [2.75, 3.05) is 6.54 Å². The van der Waals surface area contributed by atoms with Crippen LogP contribution in [-0.4, -0.2) is 11.5 Å². The summed E-state index contributed by atoms with van der Waals surface area (Å²) in [6, 6.07) is 4.07. The predicted octanol–water partition coefficient (Wildman–Crippen LogP) is 2.92. The van der Waals surface area contributed by atoms with Crippen LogP contribution in [0.1, 0.15) is 38.4 Å². The van der Waals surface area contributed by atoms with Gasteiger partial charge in [-0.3, -0.25) is 4.98 Å². The summed E-state index contributed by atoms with van der Waals surface area (Å²) >= 11 is 0. The Bertz CT molecular complexity index is 234. The van der Waals surface area contributed by atoms with Gasteiger partial charge >= 0.3 is 0 Å². The minimum absolute atomic E-state index is 0.927. The molecule has 2 nitrogen and oxygen atoms in total. The molecule has 0 atom stereocenters. The predicted molar refractivity (Wildman–Crippen MR) is 62.3 cm³/mol. The molecule has 2 heteroatoms. The van der Waals surface area contributed by atoms with Gasteiger partial charge in [0.25, 0.3) is 0 Å². The van der Waals surface area contributed by atoms with Gasteiger partial charge in [0, 0.05) is 18.4 Å². The van der Waals surface area contributed by atoms with Gasteiger partial charge in [0.1, 0.15) is 0 Å². The van der Waals surface area contributed by atoms with Crippen molar-refractivity contribution in [2.24, 2.45) is 0 Å². The van der Waals surface area contributed by atoms with Crippen LogP contribution >= 0.6 is 0 Å². The van der Waals surface area contributed by atoms with Crippen LogP contribution in [0, 0.1) is 6.92 Å². The van der Waals surface area contributed by atoms with Crippen LogP contribution in [0.2, 0.25) is 0 Å². The molecule has 80 valence electrons. The Morgan fingerprint density at radius 1 is 1.29 bits per heavy atom. The van der Waals surface area contributed by atoms with Crippen molar-refractivity contribution in [1.29, 1.82) is 0 Å². The quantitative estimate of drug-likeness (QED) is 0.800. The highest BCUT2D eigenvalue weighted by atomic mass is 14.8. The number of hydrogen-bond acceptors (Lipinski definition) is 2. The molecule has 0 aromatic carbocycles. The van der Waals surface area contributed by atoms with Crippen molar-refractivity contribution in [3.05, 3.63) is 29.6 Å². The molecule has 0 saturated heterocycles. The molecule has 14 heavy (non-hydrogen) atoms. The lowest BCUT2D eigenvalue weighted by molar-refractivity contribution is 0.720. The molecule has 1 heterocycles. The molecule has 0 fully saturated rings. The summed E-state index contributed by atoms with van der Waals surface area (Å²) in [6.07, 6.45) is 3.07. The minimum Gasteiger partial charge on any atom is -0.313 e. The number of rotatable bonds is 3. The summed E-state index contributed by atoms with van der Waals surface area (Å²) in [7, 11) is 0. The number of aromatic nitrogens is 1. The van der Waals surface area contributed by atoms with Crippen LogP contribution in [0.25, 0.3) is 0 Å². The van der Waals surface area contributed by atoms with E-state index >= 15 is 0 Å². The maximum Gasteiger partial charge on any atom is 0.0417 e. The topological polar surface area (TPSA) is 24.9 Å². The second-order valence-electron chi connectivity index (χ2n) is 3.24. The van der Waals surface area contributed by atoms with Gasteiger partial charge in [-0.25, -0.2) is 0 Å². The molecule has 0 aliphatic carbocycles. The zero-order valence-electron chi connectivity index (χ0n) is 9.80. The molecule has 0 amide bonds. The van der Waals surface area contributed by atoms with E-state index < -0.39 is 0 Å². The summed E-state index contributed by atoms with van der Waals surface area (Å²) in [5, 5.41) is 3.27. The summed E-state index contributed by atoms with van der Waals surface area (Å²) < 4.78 is 0. The Hall–Kier alpha value is -0.890. The number of nitrogens with one attached hydrogen (secondary N) is 1. The Morgan fingerprint density at radius 2 is 1.93 bits per heavy atom. The highest BCUT2D eigenvalue weighted by Crippen LogP contribution is 2.01. The largest absolute Gasteiger partial charge is 0.313 e. The van der Waals surface area contributed by atoms with E-state index in [0.717, 1.165) is 18.8 Å². The molecular weight excluding hydrogens is 172 g/mol. The van der Waals surface area contributed by atoms with E-state index in [9.17, 15) is 0 Å². The number of aryl methyl sites for hydroxylation is 1. The lowest BCUT2D eigenvalue weighted by atomic mass is 10.2. The van der Waals surface area contributed by atoms with E-state index in [-0.39, 0.29) is 0 Å². The summed E-state index contributed by atoms with van der Waals surface area (Å²) in [4.78, 5) is 4.19. The molecular formula is C12H22N2. The van der Waals surface area contributed by atoms with E-state index in [1.54, 1.807) is 0 Å².